The monoisotopic (exact) mass is 640 g/mol. The zero-order chi connectivity index (χ0) is 26.4. The average molecular weight is 643 g/mol. The Hall–Kier alpha value is -3.13. The van der Waals surface area contributed by atoms with E-state index in [1.165, 1.54) is 0 Å². The second-order valence-electron chi connectivity index (χ2n) is 8.33. The first kappa shape index (κ1) is 26.9. The highest BCUT2D eigenvalue weighted by molar-refractivity contribution is 9.10. The second kappa shape index (κ2) is 11.9. The standard InChI is InChI=1S/C29H23Br2ClN2O3/c1-19-17-23(32)11-16-26(19)37-18-27(35)29(28(36)20-5-3-2-4-6-20,33-24-12-7-21(30)8-13-24)34-25-14-9-22(31)10-15-25/h2-17,33-34H,18H2,1H3. The molecule has 0 bridgehead atoms. The molecule has 0 radical (unpaired) electrons. The maximum absolute atomic E-state index is 14.1. The predicted molar refractivity (Wildman–Crippen MR) is 156 cm³/mol. The van der Waals surface area contributed by atoms with Crippen molar-refractivity contribution in [3.63, 3.8) is 0 Å². The number of hydrogen-bond donors (Lipinski definition) is 2. The van der Waals surface area contributed by atoms with E-state index in [4.69, 9.17) is 16.3 Å². The number of anilines is 2. The van der Waals surface area contributed by atoms with Gasteiger partial charge in [0.05, 0.1) is 0 Å². The number of ketones is 2. The Labute approximate surface area is 237 Å². The number of hydrogen-bond acceptors (Lipinski definition) is 5. The van der Waals surface area contributed by atoms with E-state index in [1.54, 1.807) is 66.7 Å². The van der Waals surface area contributed by atoms with Gasteiger partial charge in [-0.3, -0.25) is 9.59 Å². The quantitative estimate of drug-likeness (QED) is 0.105. The molecule has 0 atom stereocenters. The lowest BCUT2D eigenvalue weighted by Crippen LogP contribution is -2.61. The molecule has 0 spiro atoms. The van der Waals surface area contributed by atoms with Crippen LogP contribution in [-0.2, 0) is 4.79 Å². The number of benzene rings is 4. The van der Waals surface area contributed by atoms with E-state index in [0.717, 1.165) is 14.5 Å². The number of halogens is 3. The first-order valence-corrected chi connectivity index (χ1v) is 13.3. The minimum absolute atomic E-state index is 0.367. The topological polar surface area (TPSA) is 67.4 Å². The molecule has 0 aliphatic heterocycles. The molecule has 0 saturated heterocycles. The van der Waals surface area contributed by atoms with Crippen LogP contribution < -0.4 is 15.4 Å². The van der Waals surface area contributed by atoms with E-state index < -0.39 is 17.2 Å². The van der Waals surface area contributed by atoms with Gasteiger partial charge in [-0.1, -0.05) is 73.8 Å². The fraction of sp³-hybridized carbons (Fsp3) is 0.103. The summed E-state index contributed by atoms with van der Waals surface area (Å²) in [5, 5.41) is 6.96. The number of rotatable bonds is 10. The molecule has 4 aromatic carbocycles. The highest BCUT2D eigenvalue weighted by atomic mass is 79.9. The number of carbonyl (C=O) groups excluding carboxylic acids is 2. The normalized spacial score (nSPS) is 11.0. The van der Waals surface area contributed by atoms with Crippen molar-refractivity contribution in [1.82, 2.24) is 0 Å². The van der Waals surface area contributed by atoms with Gasteiger partial charge >= 0.3 is 0 Å². The number of ether oxygens (including phenoxy) is 1. The van der Waals surface area contributed by atoms with Crippen LogP contribution in [0.15, 0.2) is 106 Å². The van der Waals surface area contributed by atoms with Crippen molar-refractivity contribution < 1.29 is 14.3 Å². The summed E-state index contributed by atoms with van der Waals surface area (Å²) >= 11 is 12.9. The van der Waals surface area contributed by atoms with E-state index in [9.17, 15) is 9.59 Å². The van der Waals surface area contributed by atoms with Gasteiger partial charge in [0.2, 0.25) is 17.2 Å². The number of aryl methyl sites for hydroxylation is 1. The van der Waals surface area contributed by atoms with Crippen LogP contribution in [0.25, 0.3) is 0 Å². The van der Waals surface area contributed by atoms with Crippen molar-refractivity contribution in [3.05, 3.63) is 122 Å². The molecule has 0 aromatic heterocycles. The Morgan fingerprint density at radius 2 is 1.35 bits per heavy atom. The molecule has 37 heavy (non-hydrogen) atoms. The fourth-order valence-electron chi connectivity index (χ4n) is 3.74. The van der Waals surface area contributed by atoms with Crippen LogP contribution in [0, 0.1) is 6.92 Å². The van der Waals surface area contributed by atoms with E-state index in [2.05, 4.69) is 42.5 Å². The van der Waals surface area contributed by atoms with Gasteiger partial charge in [0.1, 0.15) is 5.75 Å². The molecule has 4 rings (SSSR count). The summed E-state index contributed by atoms with van der Waals surface area (Å²) in [5.74, 6) is -0.437. The van der Waals surface area contributed by atoms with E-state index >= 15 is 0 Å². The number of carbonyl (C=O) groups is 2. The molecule has 0 aliphatic carbocycles. The molecule has 2 N–H and O–H groups in total. The third-order valence-electron chi connectivity index (χ3n) is 5.64. The summed E-state index contributed by atoms with van der Waals surface area (Å²) in [6.45, 7) is 1.47. The van der Waals surface area contributed by atoms with Gasteiger partial charge in [0, 0.05) is 30.9 Å². The van der Waals surface area contributed by atoms with E-state index in [-0.39, 0.29) is 6.61 Å². The largest absolute Gasteiger partial charge is 0.485 e. The Balaban J connectivity index is 1.78. The van der Waals surface area contributed by atoms with Crippen LogP contribution >= 0.6 is 43.5 Å². The molecule has 0 fully saturated rings. The van der Waals surface area contributed by atoms with Crippen LogP contribution in [-0.4, -0.2) is 23.8 Å². The minimum Gasteiger partial charge on any atom is -0.485 e. The zero-order valence-corrected chi connectivity index (χ0v) is 23.7. The summed E-state index contributed by atoms with van der Waals surface area (Å²) in [6, 6.07) is 28.3. The van der Waals surface area contributed by atoms with Crippen LogP contribution in [0.5, 0.6) is 5.75 Å². The van der Waals surface area contributed by atoms with Crippen molar-refractivity contribution in [3.8, 4) is 5.75 Å². The molecule has 0 aliphatic rings. The van der Waals surface area contributed by atoms with Crippen molar-refractivity contribution in [2.45, 2.75) is 12.6 Å². The second-order valence-corrected chi connectivity index (χ2v) is 10.6. The summed E-state index contributed by atoms with van der Waals surface area (Å²) < 4.78 is 7.64. The molecule has 0 saturated carbocycles. The maximum atomic E-state index is 14.1. The molecule has 0 heterocycles. The lowest BCUT2D eigenvalue weighted by atomic mass is 9.92. The Kier molecular flexibility index (Phi) is 8.69. The molecular formula is C29H23Br2ClN2O3. The highest BCUT2D eigenvalue weighted by Crippen LogP contribution is 2.28. The van der Waals surface area contributed by atoms with Gasteiger partial charge in [0.25, 0.3) is 0 Å². The number of Topliss-reactive ketones (excluding diaryl/α,β-unsaturated/α-hetero) is 2. The highest BCUT2D eigenvalue weighted by Gasteiger charge is 2.46. The third-order valence-corrected chi connectivity index (χ3v) is 6.94. The summed E-state index contributed by atoms with van der Waals surface area (Å²) in [5.41, 5.74) is 0.430. The third kappa shape index (κ3) is 6.60. The van der Waals surface area contributed by atoms with E-state index in [0.29, 0.717) is 27.7 Å². The summed E-state index contributed by atoms with van der Waals surface area (Å²) in [4.78, 5) is 28.2. The molecule has 8 heteroatoms. The predicted octanol–water partition coefficient (Wildman–Crippen LogP) is 7.92. The van der Waals surface area contributed by atoms with Gasteiger partial charge in [-0.05, 0) is 79.2 Å². The maximum Gasteiger partial charge on any atom is 0.237 e. The van der Waals surface area contributed by atoms with Crippen LogP contribution in [0.3, 0.4) is 0 Å². The van der Waals surface area contributed by atoms with Crippen molar-refractivity contribution in [2.75, 3.05) is 17.2 Å². The van der Waals surface area contributed by atoms with Crippen LogP contribution in [0.2, 0.25) is 5.02 Å². The Bertz CT molecular complexity index is 1350. The summed E-state index contributed by atoms with van der Waals surface area (Å²) in [7, 11) is 0. The van der Waals surface area contributed by atoms with Gasteiger partial charge < -0.3 is 15.4 Å². The van der Waals surface area contributed by atoms with Crippen molar-refractivity contribution in [2.24, 2.45) is 0 Å². The average Bonchev–Trinajstić information content (AvgIpc) is 2.90. The molecule has 188 valence electrons. The van der Waals surface area contributed by atoms with Gasteiger partial charge in [-0.15, -0.1) is 0 Å². The molecule has 4 aromatic rings. The van der Waals surface area contributed by atoms with Gasteiger partial charge in [-0.25, -0.2) is 0 Å². The van der Waals surface area contributed by atoms with Crippen LogP contribution in [0.4, 0.5) is 11.4 Å². The minimum atomic E-state index is -1.87. The first-order chi connectivity index (χ1) is 17.8. The molecule has 0 unspecified atom stereocenters. The SMILES string of the molecule is Cc1cc(Cl)ccc1OCC(=O)C(Nc1ccc(Br)cc1)(Nc1ccc(Br)cc1)C(=O)c1ccccc1. The zero-order valence-electron chi connectivity index (χ0n) is 19.8. The van der Waals surface area contributed by atoms with Crippen molar-refractivity contribution in [1.29, 1.82) is 0 Å². The Morgan fingerprint density at radius 1 is 0.811 bits per heavy atom. The fourth-order valence-corrected chi connectivity index (χ4v) is 4.50. The number of nitrogens with one attached hydrogen (secondary N) is 2. The summed E-state index contributed by atoms with van der Waals surface area (Å²) in [6.07, 6.45) is 0. The molecule has 0 amide bonds. The lowest BCUT2D eigenvalue weighted by Gasteiger charge is -2.34. The van der Waals surface area contributed by atoms with Gasteiger partial charge in [-0.2, -0.15) is 0 Å². The lowest BCUT2D eigenvalue weighted by molar-refractivity contribution is -0.123. The molecule has 5 nitrogen and oxygen atoms in total. The van der Waals surface area contributed by atoms with Crippen molar-refractivity contribution >= 4 is 66.4 Å². The van der Waals surface area contributed by atoms with E-state index in [1.807, 2.05) is 37.3 Å². The smallest absolute Gasteiger partial charge is 0.237 e. The first-order valence-electron chi connectivity index (χ1n) is 11.4. The van der Waals surface area contributed by atoms with Crippen LogP contribution in [0.1, 0.15) is 15.9 Å². The Morgan fingerprint density at radius 3 is 1.86 bits per heavy atom. The molecular weight excluding hydrogens is 620 g/mol. The van der Waals surface area contributed by atoms with Gasteiger partial charge in [0.15, 0.2) is 6.61 Å².